The van der Waals surface area contributed by atoms with E-state index in [4.69, 9.17) is 5.11 Å². The Morgan fingerprint density at radius 2 is 1.67 bits per heavy atom. The molecule has 1 heterocycles. The summed E-state index contributed by atoms with van der Waals surface area (Å²) < 4.78 is 0. The SMILES string of the molecule is O=C(CCC1CCNCC1)NCC1CCC(C(=O)O)CC1. The lowest BCUT2D eigenvalue weighted by atomic mass is 9.82. The average Bonchev–Trinajstić information content (AvgIpc) is 2.52. The highest BCUT2D eigenvalue weighted by atomic mass is 16.4. The maximum atomic E-state index is 11.9. The average molecular weight is 296 g/mol. The van der Waals surface area contributed by atoms with Gasteiger partial charge in [0, 0.05) is 13.0 Å². The van der Waals surface area contributed by atoms with Crippen molar-refractivity contribution in [3.63, 3.8) is 0 Å². The maximum absolute atomic E-state index is 11.9. The van der Waals surface area contributed by atoms with Crippen LogP contribution in [0.2, 0.25) is 0 Å². The summed E-state index contributed by atoms with van der Waals surface area (Å²) in [6.45, 7) is 2.88. The van der Waals surface area contributed by atoms with E-state index in [2.05, 4.69) is 10.6 Å². The molecule has 21 heavy (non-hydrogen) atoms. The first-order valence-corrected chi connectivity index (χ1v) is 8.35. The highest BCUT2D eigenvalue weighted by molar-refractivity contribution is 5.75. The Hall–Kier alpha value is -1.10. The van der Waals surface area contributed by atoms with Crippen LogP contribution in [-0.2, 0) is 9.59 Å². The number of nitrogens with one attached hydrogen (secondary N) is 2. The third kappa shape index (κ3) is 5.65. The topological polar surface area (TPSA) is 78.4 Å². The van der Waals surface area contributed by atoms with Gasteiger partial charge in [-0.1, -0.05) is 0 Å². The number of carbonyl (C=O) groups excluding carboxylic acids is 1. The second-order valence-electron chi connectivity index (χ2n) is 6.59. The second-order valence-corrected chi connectivity index (χ2v) is 6.59. The highest BCUT2D eigenvalue weighted by Gasteiger charge is 2.26. The third-order valence-electron chi connectivity index (χ3n) is 5.02. The third-order valence-corrected chi connectivity index (χ3v) is 5.02. The van der Waals surface area contributed by atoms with Gasteiger partial charge in [-0.25, -0.2) is 0 Å². The molecule has 0 aromatic rings. The standard InChI is InChI=1S/C16H28N2O3/c19-15(6-3-12-7-9-17-10-8-12)18-11-13-1-4-14(5-2-13)16(20)21/h12-14,17H,1-11H2,(H,18,19)(H,20,21). The first-order valence-electron chi connectivity index (χ1n) is 8.35. The van der Waals surface area contributed by atoms with E-state index >= 15 is 0 Å². The van der Waals surface area contributed by atoms with Crippen molar-refractivity contribution in [2.45, 2.75) is 51.4 Å². The van der Waals surface area contributed by atoms with Gasteiger partial charge in [0.05, 0.1) is 5.92 Å². The summed E-state index contributed by atoms with van der Waals surface area (Å²) in [6.07, 6.45) is 7.36. The van der Waals surface area contributed by atoms with Crippen molar-refractivity contribution < 1.29 is 14.7 Å². The van der Waals surface area contributed by atoms with Gasteiger partial charge in [0.15, 0.2) is 0 Å². The molecule has 5 nitrogen and oxygen atoms in total. The molecule has 1 saturated heterocycles. The number of carboxylic acid groups (broad SMARTS) is 1. The molecule has 120 valence electrons. The molecule has 0 spiro atoms. The molecule has 0 aromatic carbocycles. The lowest BCUT2D eigenvalue weighted by Gasteiger charge is -2.26. The molecule has 1 saturated carbocycles. The van der Waals surface area contributed by atoms with Crippen LogP contribution < -0.4 is 10.6 Å². The van der Waals surface area contributed by atoms with Gasteiger partial charge in [-0.3, -0.25) is 9.59 Å². The quantitative estimate of drug-likeness (QED) is 0.698. The van der Waals surface area contributed by atoms with E-state index in [1.807, 2.05) is 0 Å². The number of amides is 1. The number of aliphatic carboxylic acids is 1. The lowest BCUT2D eigenvalue weighted by molar-refractivity contribution is -0.143. The predicted octanol–water partition coefficient (Wildman–Crippen LogP) is 1.77. The summed E-state index contributed by atoms with van der Waals surface area (Å²) in [4.78, 5) is 22.8. The van der Waals surface area contributed by atoms with Gasteiger partial charge in [-0.2, -0.15) is 0 Å². The molecule has 0 unspecified atom stereocenters. The fourth-order valence-electron chi connectivity index (χ4n) is 3.47. The molecule has 0 bridgehead atoms. The molecular weight excluding hydrogens is 268 g/mol. The van der Waals surface area contributed by atoms with Gasteiger partial charge < -0.3 is 15.7 Å². The minimum Gasteiger partial charge on any atom is -0.481 e. The van der Waals surface area contributed by atoms with Crippen molar-refractivity contribution in [2.75, 3.05) is 19.6 Å². The predicted molar refractivity (Wildman–Crippen MR) is 80.9 cm³/mol. The molecule has 0 atom stereocenters. The molecule has 2 aliphatic rings. The van der Waals surface area contributed by atoms with Crippen LogP contribution in [0.1, 0.15) is 51.4 Å². The second kappa shape index (κ2) is 8.37. The van der Waals surface area contributed by atoms with Crippen LogP contribution in [0.3, 0.4) is 0 Å². The Balaban J connectivity index is 1.55. The van der Waals surface area contributed by atoms with Crippen LogP contribution in [0.25, 0.3) is 0 Å². The molecule has 5 heteroatoms. The van der Waals surface area contributed by atoms with E-state index in [1.165, 1.54) is 12.8 Å². The number of hydrogen-bond donors (Lipinski definition) is 3. The summed E-state index contributed by atoms with van der Waals surface area (Å²) >= 11 is 0. The molecule has 1 aliphatic heterocycles. The minimum atomic E-state index is -0.667. The van der Waals surface area contributed by atoms with Gasteiger partial charge in [0.25, 0.3) is 0 Å². The minimum absolute atomic E-state index is 0.161. The molecule has 2 fully saturated rings. The first-order chi connectivity index (χ1) is 10.1. The van der Waals surface area contributed by atoms with Gasteiger partial charge >= 0.3 is 5.97 Å². The molecule has 1 aliphatic carbocycles. The summed E-state index contributed by atoms with van der Waals surface area (Å²) in [7, 11) is 0. The largest absolute Gasteiger partial charge is 0.481 e. The van der Waals surface area contributed by atoms with Crippen LogP contribution >= 0.6 is 0 Å². The molecular formula is C16H28N2O3. The monoisotopic (exact) mass is 296 g/mol. The zero-order valence-electron chi connectivity index (χ0n) is 12.8. The summed E-state index contributed by atoms with van der Waals surface area (Å²) in [6, 6.07) is 0. The van der Waals surface area contributed by atoms with E-state index in [-0.39, 0.29) is 11.8 Å². The Morgan fingerprint density at radius 3 is 2.29 bits per heavy atom. The van der Waals surface area contributed by atoms with Crippen LogP contribution in [0.4, 0.5) is 0 Å². The number of piperidine rings is 1. The van der Waals surface area contributed by atoms with Gasteiger partial charge in [0.1, 0.15) is 0 Å². The van der Waals surface area contributed by atoms with Crippen molar-refractivity contribution in [3.8, 4) is 0 Å². The van der Waals surface area contributed by atoms with E-state index in [0.29, 0.717) is 18.3 Å². The first kappa shape index (κ1) is 16.3. The van der Waals surface area contributed by atoms with Crippen LogP contribution in [-0.4, -0.2) is 36.6 Å². The van der Waals surface area contributed by atoms with E-state index in [9.17, 15) is 9.59 Å². The zero-order chi connectivity index (χ0) is 15.1. The molecule has 1 amide bonds. The van der Waals surface area contributed by atoms with Crippen LogP contribution in [0.5, 0.6) is 0 Å². The van der Waals surface area contributed by atoms with E-state index < -0.39 is 5.97 Å². The Labute approximate surface area is 126 Å². The number of carboxylic acids is 1. The van der Waals surface area contributed by atoms with Crippen molar-refractivity contribution in [3.05, 3.63) is 0 Å². The molecule has 3 N–H and O–H groups in total. The lowest BCUT2D eigenvalue weighted by Crippen LogP contribution is -2.33. The van der Waals surface area contributed by atoms with E-state index in [1.54, 1.807) is 0 Å². The number of carbonyl (C=O) groups is 2. The number of hydrogen-bond acceptors (Lipinski definition) is 3. The molecule has 2 rings (SSSR count). The highest BCUT2D eigenvalue weighted by Crippen LogP contribution is 2.28. The van der Waals surface area contributed by atoms with Crippen molar-refractivity contribution in [2.24, 2.45) is 17.8 Å². The number of rotatable bonds is 6. The smallest absolute Gasteiger partial charge is 0.306 e. The van der Waals surface area contributed by atoms with E-state index in [0.717, 1.165) is 51.7 Å². The zero-order valence-corrected chi connectivity index (χ0v) is 12.8. The van der Waals surface area contributed by atoms with Crippen LogP contribution in [0, 0.1) is 17.8 Å². The summed E-state index contributed by atoms with van der Waals surface area (Å²) in [5.74, 6) is 0.483. The van der Waals surface area contributed by atoms with Crippen molar-refractivity contribution in [1.82, 2.24) is 10.6 Å². The van der Waals surface area contributed by atoms with Gasteiger partial charge in [-0.05, 0) is 69.9 Å². The summed E-state index contributed by atoms with van der Waals surface area (Å²) in [5.41, 5.74) is 0. The molecule has 0 radical (unpaired) electrons. The van der Waals surface area contributed by atoms with Gasteiger partial charge in [-0.15, -0.1) is 0 Å². The van der Waals surface area contributed by atoms with Gasteiger partial charge in [0.2, 0.25) is 5.91 Å². The maximum Gasteiger partial charge on any atom is 0.306 e. The van der Waals surface area contributed by atoms with Crippen molar-refractivity contribution in [1.29, 1.82) is 0 Å². The van der Waals surface area contributed by atoms with Crippen LogP contribution in [0.15, 0.2) is 0 Å². The molecule has 0 aromatic heterocycles. The fraction of sp³-hybridized carbons (Fsp3) is 0.875. The summed E-state index contributed by atoms with van der Waals surface area (Å²) in [5, 5.41) is 15.3. The van der Waals surface area contributed by atoms with Crippen molar-refractivity contribution >= 4 is 11.9 Å². The fourth-order valence-corrected chi connectivity index (χ4v) is 3.47. The normalized spacial score (nSPS) is 27.2. The Morgan fingerprint density at radius 1 is 1.00 bits per heavy atom. The Kier molecular flexibility index (Phi) is 6.49. The Bertz CT molecular complexity index is 345.